The number of aromatic nitrogens is 3. The summed E-state index contributed by atoms with van der Waals surface area (Å²) in [6, 6.07) is 2.69. The zero-order valence-corrected chi connectivity index (χ0v) is 16.6. The highest BCUT2D eigenvalue weighted by Gasteiger charge is 2.40. The lowest BCUT2D eigenvalue weighted by atomic mass is 9.67. The number of carbonyl (C=O) groups excluding carboxylic acids is 1. The molecule has 2 fully saturated rings. The summed E-state index contributed by atoms with van der Waals surface area (Å²) in [6.45, 7) is 6.20. The molecule has 0 aromatic carbocycles. The van der Waals surface area contributed by atoms with Crippen LogP contribution in [0, 0.1) is 18.8 Å². The number of fused-ring (bicyclic) bond motifs is 3. The molecule has 2 aromatic rings. The molecule has 3 unspecified atom stereocenters. The molecular formula is C21H31N5O. The van der Waals surface area contributed by atoms with Gasteiger partial charge in [0.2, 0.25) is 0 Å². The Bertz CT molecular complexity index is 830. The van der Waals surface area contributed by atoms with Crippen LogP contribution in [0.2, 0.25) is 0 Å². The highest BCUT2D eigenvalue weighted by Crippen LogP contribution is 2.40. The van der Waals surface area contributed by atoms with Gasteiger partial charge in [-0.3, -0.25) is 4.79 Å². The summed E-state index contributed by atoms with van der Waals surface area (Å²) < 4.78 is 1.94. The maximum atomic E-state index is 13.2. The van der Waals surface area contributed by atoms with Crippen LogP contribution in [0.5, 0.6) is 0 Å². The van der Waals surface area contributed by atoms with Crippen LogP contribution in [0.1, 0.15) is 74.5 Å². The number of aryl methyl sites for hydroxylation is 1. The van der Waals surface area contributed by atoms with E-state index in [1.807, 2.05) is 17.7 Å². The molecule has 2 aliphatic carbocycles. The smallest absolute Gasteiger partial charge is 0.252 e. The summed E-state index contributed by atoms with van der Waals surface area (Å²) in [4.78, 5) is 17.9. The number of pyridine rings is 1. The van der Waals surface area contributed by atoms with E-state index in [2.05, 4.69) is 29.2 Å². The van der Waals surface area contributed by atoms with E-state index in [9.17, 15) is 4.79 Å². The van der Waals surface area contributed by atoms with Gasteiger partial charge in [0.05, 0.1) is 23.2 Å². The standard InChI is InChI=1S/C21H31N5O/c1-4-13(3)26-20-18(11-23-26)17(8-12(2)24-20)21(27)25-19-14-6-5-7-15(19)10-16(22)9-14/h8,11,13-16,19H,4-7,9-10,22H2,1-3H3,(H,25,27). The second-order valence-corrected chi connectivity index (χ2v) is 8.58. The number of nitrogens with two attached hydrogens (primary N) is 1. The first-order chi connectivity index (χ1) is 13.0. The molecule has 6 nitrogen and oxygen atoms in total. The number of hydrogen-bond acceptors (Lipinski definition) is 4. The van der Waals surface area contributed by atoms with E-state index in [0.29, 0.717) is 17.4 Å². The van der Waals surface area contributed by atoms with Crippen molar-refractivity contribution in [3.05, 3.63) is 23.5 Å². The zero-order chi connectivity index (χ0) is 19.1. The van der Waals surface area contributed by atoms with E-state index in [1.54, 1.807) is 6.20 Å². The van der Waals surface area contributed by atoms with E-state index < -0.39 is 0 Å². The molecule has 1 amide bonds. The van der Waals surface area contributed by atoms with Gasteiger partial charge in [0.1, 0.15) is 0 Å². The van der Waals surface area contributed by atoms with Crippen molar-refractivity contribution in [2.45, 2.75) is 77.4 Å². The summed E-state index contributed by atoms with van der Waals surface area (Å²) >= 11 is 0. The first-order valence-electron chi connectivity index (χ1n) is 10.4. The molecule has 2 bridgehead atoms. The fourth-order valence-corrected chi connectivity index (χ4v) is 5.08. The summed E-state index contributed by atoms with van der Waals surface area (Å²) in [6.07, 6.45) is 8.42. The lowest BCUT2D eigenvalue weighted by Gasteiger charge is -2.45. The Hall–Kier alpha value is -1.95. The molecule has 2 saturated carbocycles. The molecule has 0 radical (unpaired) electrons. The van der Waals surface area contributed by atoms with Crippen LogP contribution < -0.4 is 11.1 Å². The molecule has 0 aliphatic heterocycles. The van der Waals surface area contributed by atoms with Crippen molar-refractivity contribution in [2.24, 2.45) is 17.6 Å². The average Bonchev–Trinajstić information content (AvgIpc) is 3.04. The van der Waals surface area contributed by atoms with Gasteiger partial charge in [-0.2, -0.15) is 5.10 Å². The quantitative estimate of drug-likeness (QED) is 0.865. The predicted octanol–water partition coefficient (Wildman–Crippen LogP) is 3.35. The predicted molar refractivity (Wildman–Crippen MR) is 107 cm³/mol. The summed E-state index contributed by atoms with van der Waals surface area (Å²) in [5.74, 6) is 1.03. The van der Waals surface area contributed by atoms with Crippen molar-refractivity contribution in [1.82, 2.24) is 20.1 Å². The van der Waals surface area contributed by atoms with E-state index in [4.69, 9.17) is 5.73 Å². The summed E-state index contributed by atoms with van der Waals surface area (Å²) in [5.41, 5.74) is 8.59. The largest absolute Gasteiger partial charge is 0.349 e. The minimum atomic E-state index is 0.00609. The Morgan fingerprint density at radius 3 is 2.74 bits per heavy atom. The molecule has 0 saturated heterocycles. The van der Waals surface area contributed by atoms with Crippen molar-refractivity contribution >= 4 is 16.9 Å². The fourth-order valence-electron chi connectivity index (χ4n) is 5.08. The number of hydrogen-bond donors (Lipinski definition) is 2. The van der Waals surface area contributed by atoms with Gasteiger partial charge in [-0.1, -0.05) is 13.3 Å². The number of nitrogens with one attached hydrogen (secondary N) is 1. The van der Waals surface area contributed by atoms with E-state index in [1.165, 1.54) is 19.3 Å². The Morgan fingerprint density at radius 1 is 1.37 bits per heavy atom. The van der Waals surface area contributed by atoms with Gasteiger partial charge in [0.25, 0.3) is 5.91 Å². The number of nitrogens with zero attached hydrogens (tertiary/aromatic N) is 3. The maximum Gasteiger partial charge on any atom is 0.252 e. The van der Waals surface area contributed by atoms with E-state index >= 15 is 0 Å². The molecule has 6 heteroatoms. The van der Waals surface area contributed by atoms with Crippen molar-refractivity contribution in [2.75, 3.05) is 0 Å². The van der Waals surface area contributed by atoms with Gasteiger partial charge >= 0.3 is 0 Å². The summed E-state index contributed by atoms with van der Waals surface area (Å²) in [7, 11) is 0. The number of amides is 1. The number of rotatable bonds is 4. The molecule has 2 aromatic heterocycles. The van der Waals surface area contributed by atoms with E-state index in [0.717, 1.165) is 36.0 Å². The van der Waals surface area contributed by atoms with Crippen LogP contribution >= 0.6 is 0 Å². The second kappa shape index (κ2) is 7.23. The molecular weight excluding hydrogens is 338 g/mol. The van der Waals surface area contributed by atoms with Crippen LogP contribution in [-0.4, -0.2) is 32.8 Å². The maximum absolute atomic E-state index is 13.2. The van der Waals surface area contributed by atoms with Gasteiger partial charge < -0.3 is 11.1 Å². The highest BCUT2D eigenvalue weighted by atomic mass is 16.1. The Balaban J connectivity index is 1.64. The lowest BCUT2D eigenvalue weighted by Crippen LogP contribution is -2.53. The average molecular weight is 370 g/mol. The molecule has 146 valence electrons. The molecule has 4 rings (SSSR count). The molecule has 3 N–H and O–H groups in total. The van der Waals surface area contributed by atoms with Crippen molar-refractivity contribution in [3.63, 3.8) is 0 Å². The van der Waals surface area contributed by atoms with Crippen LogP contribution in [0.15, 0.2) is 12.3 Å². The van der Waals surface area contributed by atoms with Gasteiger partial charge in [-0.15, -0.1) is 0 Å². The Labute approximate surface area is 160 Å². The highest BCUT2D eigenvalue weighted by molar-refractivity contribution is 6.05. The van der Waals surface area contributed by atoms with Crippen LogP contribution in [-0.2, 0) is 0 Å². The first kappa shape index (κ1) is 18.4. The third-order valence-electron chi connectivity index (χ3n) is 6.62. The van der Waals surface area contributed by atoms with Gasteiger partial charge in [-0.05, 0) is 63.9 Å². The van der Waals surface area contributed by atoms with Crippen molar-refractivity contribution in [1.29, 1.82) is 0 Å². The minimum absolute atomic E-state index is 0.00609. The third-order valence-corrected chi connectivity index (χ3v) is 6.62. The molecule has 27 heavy (non-hydrogen) atoms. The van der Waals surface area contributed by atoms with Gasteiger partial charge in [-0.25, -0.2) is 9.67 Å². The second-order valence-electron chi connectivity index (χ2n) is 8.58. The normalized spacial score (nSPS) is 28.9. The topological polar surface area (TPSA) is 85.8 Å². The summed E-state index contributed by atoms with van der Waals surface area (Å²) in [5, 5.41) is 8.74. The SMILES string of the molecule is CCC(C)n1ncc2c(C(=O)NC3C4CCCC3CC(N)C4)cc(C)nc21. The van der Waals surface area contributed by atoms with Gasteiger partial charge in [0.15, 0.2) is 5.65 Å². The lowest BCUT2D eigenvalue weighted by molar-refractivity contribution is 0.0757. The van der Waals surface area contributed by atoms with Crippen molar-refractivity contribution < 1.29 is 4.79 Å². The molecule has 2 heterocycles. The fraction of sp³-hybridized carbons (Fsp3) is 0.667. The van der Waals surface area contributed by atoms with E-state index in [-0.39, 0.29) is 24.0 Å². The van der Waals surface area contributed by atoms with Crippen LogP contribution in [0.25, 0.3) is 11.0 Å². The Kier molecular flexibility index (Phi) is 4.93. The molecule has 2 aliphatic rings. The zero-order valence-electron chi connectivity index (χ0n) is 16.6. The monoisotopic (exact) mass is 369 g/mol. The first-order valence-corrected chi connectivity index (χ1v) is 10.4. The minimum Gasteiger partial charge on any atom is -0.349 e. The Morgan fingerprint density at radius 2 is 2.07 bits per heavy atom. The van der Waals surface area contributed by atoms with Crippen molar-refractivity contribution in [3.8, 4) is 0 Å². The number of carbonyl (C=O) groups is 1. The van der Waals surface area contributed by atoms with Gasteiger partial charge in [0, 0.05) is 17.8 Å². The molecule has 0 spiro atoms. The van der Waals surface area contributed by atoms with Crippen LogP contribution in [0.4, 0.5) is 0 Å². The van der Waals surface area contributed by atoms with Crippen LogP contribution in [0.3, 0.4) is 0 Å². The third kappa shape index (κ3) is 3.35. The molecule has 3 atom stereocenters.